The third kappa shape index (κ3) is 7.40. The first-order valence-electron chi connectivity index (χ1n) is 15.1. The molecule has 1 saturated carbocycles. The van der Waals surface area contributed by atoms with E-state index in [0.29, 0.717) is 61.3 Å². The van der Waals surface area contributed by atoms with Crippen molar-refractivity contribution < 1.29 is 44.9 Å². The highest BCUT2D eigenvalue weighted by Crippen LogP contribution is 2.44. The van der Waals surface area contributed by atoms with Gasteiger partial charge in [0.1, 0.15) is 17.4 Å². The van der Waals surface area contributed by atoms with E-state index in [2.05, 4.69) is 6.92 Å². The van der Waals surface area contributed by atoms with Crippen LogP contribution in [0, 0.1) is 40.9 Å². The number of hydrogen-bond acceptors (Lipinski definition) is 3. The van der Waals surface area contributed by atoms with E-state index >= 15 is 13.2 Å². The molecule has 1 saturated heterocycles. The predicted molar refractivity (Wildman–Crippen MR) is 151 cm³/mol. The Morgan fingerprint density at radius 3 is 2.07 bits per heavy atom. The maximum absolute atomic E-state index is 15.2. The summed E-state index contributed by atoms with van der Waals surface area (Å²) >= 11 is 0. The summed E-state index contributed by atoms with van der Waals surface area (Å²) in [5.74, 6) is -7.77. The molecular weight excluding hydrogens is 589 g/mol. The van der Waals surface area contributed by atoms with E-state index in [0.717, 1.165) is 31.4 Å². The molecule has 0 bridgehead atoms. The summed E-state index contributed by atoms with van der Waals surface area (Å²) in [5.41, 5.74) is 0.442. The molecular formula is C34H35F7O3. The summed E-state index contributed by atoms with van der Waals surface area (Å²) in [6.07, 6.45) is 0.933. The molecule has 0 unspecified atom stereocenters. The van der Waals surface area contributed by atoms with Gasteiger partial charge in [-0.3, -0.25) is 0 Å². The second-order valence-electron chi connectivity index (χ2n) is 11.7. The van der Waals surface area contributed by atoms with Gasteiger partial charge in [-0.15, -0.1) is 0 Å². The number of alkyl halides is 2. The molecule has 3 nitrogen and oxygen atoms in total. The van der Waals surface area contributed by atoms with Crippen molar-refractivity contribution in [2.24, 2.45) is 11.8 Å². The summed E-state index contributed by atoms with van der Waals surface area (Å²) < 4.78 is 117. The molecule has 44 heavy (non-hydrogen) atoms. The van der Waals surface area contributed by atoms with Crippen LogP contribution in [0.1, 0.15) is 81.6 Å². The van der Waals surface area contributed by atoms with Gasteiger partial charge in [-0.05, 0) is 79.5 Å². The summed E-state index contributed by atoms with van der Waals surface area (Å²) in [4.78, 5) is 0. The van der Waals surface area contributed by atoms with Gasteiger partial charge in [-0.2, -0.15) is 8.78 Å². The van der Waals surface area contributed by atoms with Gasteiger partial charge in [-0.1, -0.05) is 38.3 Å². The first kappa shape index (κ1) is 32.3. The maximum atomic E-state index is 15.2. The second kappa shape index (κ2) is 13.9. The lowest BCUT2D eigenvalue weighted by Crippen LogP contribution is -2.37. The van der Waals surface area contributed by atoms with Crippen molar-refractivity contribution in [2.75, 3.05) is 13.2 Å². The molecule has 1 heterocycles. The first-order chi connectivity index (χ1) is 21.1. The number of unbranched alkanes of at least 4 members (excludes halogenated alkanes) is 2. The number of ether oxygens (including phenoxy) is 3. The minimum Gasteiger partial charge on any atom is -0.432 e. The molecule has 0 aromatic heterocycles. The Balaban J connectivity index is 1.16. The Morgan fingerprint density at radius 2 is 1.45 bits per heavy atom. The van der Waals surface area contributed by atoms with Gasteiger partial charge in [0.05, 0.1) is 19.1 Å². The van der Waals surface area contributed by atoms with Crippen LogP contribution in [-0.2, 0) is 9.47 Å². The van der Waals surface area contributed by atoms with E-state index in [1.165, 1.54) is 12.5 Å². The molecule has 5 rings (SSSR count). The molecule has 1 aliphatic heterocycles. The van der Waals surface area contributed by atoms with Crippen LogP contribution in [0.15, 0.2) is 48.5 Å². The molecule has 0 amide bonds. The van der Waals surface area contributed by atoms with Crippen molar-refractivity contribution in [1.29, 1.82) is 0 Å². The molecule has 3 aromatic rings. The summed E-state index contributed by atoms with van der Waals surface area (Å²) in [6.45, 7) is 3.27. The molecule has 10 heteroatoms. The van der Waals surface area contributed by atoms with Gasteiger partial charge in [0.2, 0.25) is 0 Å². The highest BCUT2D eigenvalue weighted by Gasteiger charge is 2.44. The zero-order chi connectivity index (χ0) is 31.4. The Labute approximate surface area is 252 Å². The zero-order valence-electron chi connectivity index (χ0n) is 24.4. The molecule has 2 aliphatic rings. The van der Waals surface area contributed by atoms with Crippen LogP contribution in [0.2, 0.25) is 0 Å². The summed E-state index contributed by atoms with van der Waals surface area (Å²) in [5, 5.41) is 0. The van der Waals surface area contributed by atoms with Gasteiger partial charge in [0.25, 0.3) is 0 Å². The summed E-state index contributed by atoms with van der Waals surface area (Å²) in [7, 11) is 0. The van der Waals surface area contributed by atoms with Gasteiger partial charge < -0.3 is 14.2 Å². The van der Waals surface area contributed by atoms with E-state index in [-0.39, 0.29) is 29.9 Å². The molecule has 2 fully saturated rings. The van der Waals surface area contributed by atoms with Crippen molar-refractivity contribution in [3.8, 4) is 16.9 Å². The van der Waals surface area contributed by atoms with Crippen LogP contribution in [-0.4, -0.2) is 19.3 Å². The lowest BCUT2D eigenvalue weighted by Gasteiger charge is -2.34. The van der Waals surface area contributed by atoms with Gasteiger partial charge in [0, 0.05) is 23.1 Å². The number of benzene rings is 3. The van der Waals surface area contributed by atoms with E-state index in [1.807, 2.05) is 0 Å². The molecule has 3 aromatic carbocycles. The average Bonchev–Trinajstić information content (AvgIpc) is 3.00. The molecule has 0 N–H and O–H groups in total. The Kier molecular flexibility index (Phi) is 10.2. The topological polar surface area (TPSA) is 27.7 Å². The fraction of sp³-hybridized carbons (Fsp3) is 0.471. The molecule has 0 atom stereocenters. The van der Waals surface area contributed by atoms with E-state index in [9.17, 15) is 17.6 Å². The van der Waals surface area contributed by atoms with E-state index in [1.54, 1.807) is 12.1 Å². The largest absolute Gasteiger partial charge is 0.432 e. The normalized spacial score (nSPS) is 22.6. The smallest absolute Gasteiger partial charge is 0.400 e. The van der Waals surface area contributed by atoms with Crippen LogP contribution in [0.5, 0.6) is 5.75 Å². The second-order valence-corrected chi connectivity index (χ2v) is 11.7. The lowest BCUT2D eigenvalue weighted by molar-refractivity contribution is -0.222. The monoisotopic (exact) mass is 624 g/mol. The van der Waals surface area contributed by atoms with Crippen molar-refractivity contribution in [3.63, 3.8) is 0 Å². The SMILES string of the molecule is CCCCCC1COC(c2ccc(C3CCC(C(F)(F)Oc4ccc(-c5cc(F)c(F)c(F)c5)c(F)c4)CC3)c(F)c2)OC1. The average molecular weight is 625 g/mol. The van der Waals surface area contributed by atoms with Gasteiger partial charge in [0.15, 0.2) is 23.7 Å². The summed E-state index contributed by atoms with van der Waals surface area (Å²) in [6, 6.07) is 8.84. The number of rotatable bonds is 10. The highest BCUT2D eigenvalue weighted by molar-refractivity contribution is 5.65. The van der Waals surface area contributed by atoms with Crippen LogP contribution < -0.4 is 4.74 Å². The minimum atomic E-state index is -3.64. The van der Waals surface area contributed by atoms with Crippen LogP contribution in [0.4, 0.5) is 30.7 Å². The zero-order valence-corrected chi connectivity index (χ0v) is 24.4. The molecule has 238 valence electrons. The third-order valence-electron chi connectivity index (χ3n) is 8.61. The fourth-order valence-electron chi connectivity index (χ4n) is 6.09. The van der Waals surface area contributed by atoms with Crippen molar-refractivity contribution in [1.82, 2.24) is 0 Å². The molecule has 0 radical (unpaired) electrons. The lowest BCUT2D eigenvalue weighted by atomic mass is 9.78. The maximum Gasteiger partial charge on any atom is 0.400 e. The Hall–Kier alpha value is -3.11. The molecule has 0 spiro atoms. The Morgan fingerprint density at radius 1 is 0.773 bits per heavy atom. The number of halogens is 7. The van der Waals surface area contributed by atoms with Gasteiger partial charge >= 0.3 is 6.11 Å². The fourth-order valence-corrected chi connectivity index (χ4v) is 6.09. The van der Waals surface area contributed by atoms with Crippen LogP contribution in [0.3, 0.4) is 0 Å². The van der Waals surface area contributed by atoms with Crippen molar-refractivity contribution in [2.45, 2.75) is 76.6 Å². The molecule has 1 aliphatic carbocycles. The van der Waals surface area contributed by atoms with E-state index < -0.39 is 53.2 Å². The van der Waals surface area contributed by atoms with Crippen molar-refractivity contribution in [3.05, 3.63) is 88.7 Å². The predicted octanol–water partition coefficient (Wildman–Crippen LogP) is 10.2. The van der Waals surface area contributed by atoms with Gasteiger partial charge in [-0.25, -0.2) is 22.0 Å². The van der Waals surface area contributed by atoms with Crippen molar-refractivity contribution >= 4 is 0 Å². The minimum absolute atomic E-state index is 0.0574. The van der Waals surface area contributed by atoms with Crippen LogP contribution >= 0.6 is 0 Å². The first-order valence-corrected chi connectivity index (χ1v) is 15.1. The van der Waals surface area contributed by atoms with E-state index in [4.69, 9.17) is 14.2 Å². The van der Waals surface area contributed by atoms with Crippen LogP contribution in [0.25, 0.3) is 11.1 Å². The highest BCUT2D eigenvalue weighted by atomic mass is 19.3. The quantitative estimate of drug-likeness (QED) is 0.128. The number of hydrogen-bond donors (Lipinski definition) is 0. The Bertz CT molecular complexity index is 1410. The standard InChI is InChI=1S/C34H35F7O3/c1-2-3-4-5-20-18-42-33(43-19-20)22-8-12-26(28(35)14-22)21-6-9-24(10-7-21)34(40,41)44-25-11-13-27(29(36)17-25)23-15-30(37)32(39)31(38)16-23/h8,11-17,20-21,24,33H,2-7,9-10,18-19H2,1H3. The third-order valence-corrected chi connectivity index (χ3v) is 8.61.